The van der Waals surface area contributed by atoms with Crippen LogP contribution in [0.2, 0.25) is 0 Å². The Bertz CT molecular complexity index is 1290. The molecule has 9 nitrogen and oxygen atoms in total. The lowest BCUT2D eigenvalue weighted by atomic mass is 10.1. The molecular formula is C26H30N4O5. The van der Waals surface area contributed by atoms with E-state index in [2.05, 4.69) is 5.10 Å². The van der Waals surface area contributed by atoms with Crippen molar-refractivity contribution in [1.82, 2.24) is 19.2 Å². The van der Waals surface area contributed by atoms with E-state index in [1.807, 2.05) is 38.4 Å². The third-order valence-corrected chi connectivity index (χ3v) is 6.27. The van der Waals surface area contributed by atoms with Crippen molar-refractivity contribution in [1.29, 1.82) is 0 Å². The molecule has 0 saturated heterocycles. The van der Waals surface area contributed by atoms with Gasteiger partial charge in [-0.05, 0) is 37.0 Å². The maximum absolute atomic E-state index is 13.2. The Hall–Kier alpha value is -3.88. The molecule has 0 unspecified atom stereocenters. The van der Waals surface area contributed by atoms with Gasteiger partial charge in [0.15, 0.2) is 0 Å². The first-order valence-electron chi connectivity index (χ1n) is 11.7. The molecule has 3 heterocycles. The van der Waals surface area contributed by atoms with Crippen molar-refractivity contribution in [2.24, 2.45) is 7.05 Å². The van der Waals surface area contributed by atoms with Gasteiger partial charge in [0.2, 0.25) is 0 Å². The molecule has 1 aromatic carbocycles. The summed E-state index contributed by atoms with van der Waals surface area (Å²) < 4.78 is 14.2. The molecule has 0 fully saturated rings. The fourth-order valence-electron chi connectivity index (χ4n) is 4.43. The van der Waals surface area contributed by atoms with Gasteiger partial charge in [-0.3, -0.25) is 14.3 Å². The van der Waals surface area contributed by atoms with Gasteiger partial charge in [0.25, 0.3) is 11.5 Å². The molecule has 184 valence electrons. The number of methoxy groups -OCH3 is 1. The number of nitrogens with zero attached hydrogens (tertiary/aromatic N) is 4. The van der Waals surface area contributed by atoms with Crippen LogP contribution in [-0.2, 0) is 31.2 Å². The van der Waals surface area contributed by atoms with Crippen LogP contribution in [-0.4, -0.2) is 57.9 Å². The van der Waals surface area contributed by atoms with Gasteiger partial charge in [-0.2, -0.15) is 5.10 Å². The quantitative estimate of drug-likeness (QED) is 0.382. The van der Waals surface area contributed by atoms with Crippen molar-refractivity contribution in [2.75, 3.05) is 26.8 Å². The zero-order valence-corrected chi connectivity index (χ0v) is 20.3. The highest BCUT2D eigenvalue weighted by molar-refractivity contribution is 5.96. The van der Waals surface area contributed by atoms with Crippen molar-refractivity contribution in [3.8, 4) is 5.75 Å². The predicted octanol–water partition coefficient (Wildman–Crippen LogP) is 2.39. The summed E-state index contributed by atoms with van der Waals surface area (Å²) >= 11 is 0. The minimum Gasteiger partial charge on any atom is -0.492 e. The zero-order chi connectivity index (χ0) is 24.9. The van der Waals surface area contributed by atoms with Gasteiger partial charge in [-0.15, -0.1) is 0 Å². The molecule has 0 radical (unpaired) electrons. The van der Waals surface area contributed by atoms with Gasteiger partial charge in [-0.25, -0.2) is 4.79 Å². The second-order valence-electron chi connectivity index (χ2n) is 8.64. The highest BCUT2D eigenvalue weighted by Crippen LogP contribution is 2.25. The maximum atomic E-state index is 13.2. The van der Waals surface area contributed by atoms with Crippen LogP contribution in [0.25, 0.3) is 0 Å². The summed E-state index contributed by atoms with van der Waals surface area (Å²) in [7, 11) is 3.17. The number of carbonyl (C=O) groups excluding carboxylic acids is 2. The Labute approximate surface area is 203 Å². The molecule has 9 heteroatoms. The third kappa shape index (κ3) is 5.29. The van der Waals surface area contributed by atoms with Crippen LogP contribution >= 0.6 is 0 Å². The number of fused-ring (bicyclic) bond motifs is 1. The fourth-order valence-corrected chi connectivity index (χ4v) is 4.43. The van der Waals surface area contributed by atoms with Gasteiger partial charge in [-0.1, -0.05) is 18.2 Å². The van der Waals surface area contributed by atoms with Crippen LogP contribution in [0.3, 0.4) is 0 Å². The lowest BCUT2D eigenvalue weighted by Crippen LogP contribution is -2.34. The van der Waals surface area contributed by atoms with Crippen molar-refractivity contribution in [3.05, 3.63) is 81.0 Å². The molecule has 0 N–H and O–H groups in total. The molecule has 0 spiro atoms. The number of carbonyl (C=O) groups is 2. The Morgan fingerprint density at radius 2 is 1.94 bits per heavy atom. The Morgan fingerprint density at radius 3 is 2.66 bits per heavy atom. The number of amides is 1. The number of hydrogen-bond acceptors (Lipinski definition) is 6. The first kappa shape index (κ1) is 24.3. The number of hydrogen-bond donors (Lipinski definition) is 0. The minimum atomic E-state index is -0.560. The first-order valence-corrected chi connectivity index (χ1v) is 11.7. The lowest BCUT2D eigenvalue weighted by Gasteiger charge is -2.21. The number of esters is 1. The molecule has 0 saturated carbocycles. The molecule has 4 rings (SSSR count). The summed E-state index contributed by atoms with van der Waals surface area (Å²) in [6.07, 6.45) is 5.55. The van der Waals surface area contributed by atoms with Crippen molar-refractivity contribution >= 4 is 11.9 Å². The molecule has 1 aliphatic heterocycles. The number of benzene rings is 1. The standard InChI is InChI=1S/C26H30N4O5/c1-18-7-4-5-9-20(18)25(32)29-11-10-21-24(26(33)34-3)22(15-23(31)30(21)13-12-29)35-14-6-8-19-16-27-28(2)17-19/h4-5,7,9,15-17H,6,8,10-14H2,1-3H3. The summed E-state index contributed by atoms with van der Waals surface area (Å²) in [5, 5.41) is 4.16. The molecule has 1 amide bonds. The number of aryl methyl sites for hydroxylation is 3. The van der Waals surface area contributed by atoms with E-state index >= 15 is 0 Å². The predicted molar refractivity (Wildman–Crippen MR) is 130 cm³/mol. The van der Waals surface area contributed by atoms with Crippen molar-refractivity contribution < 1.29 is 19.1 Å². The minimum absolute atomic E-state index is 0.0875. The molecular weight excluding hydrogens is 448 g/mol. The monoisotopic (exact) mass is 478 g/mol. The lowest BCUT2D eigenvalue weighted by molar-refractivity contribution is 0.0593. The average Bonchev–Trinajstić information content (AvgIpc) is 3.13. The SMILES string of the molecule is COC(=O)c1c(OCCCc2cnn(C)c2)cc(=O)n2c1CCN(C(=O)c1ccccc1C)CC2. The first-order chi connectivity index (χ1) is 16.9. The maximum Gasteiger partial charge on any atom is 0.343 e. The van der Waals surface area contributed by atoms with Gasteiger partial charge < -0.3 is 18.9 Å². The number of ether oxygens (including phenoxy) is 2. The third-order valence-electron chi connectivity index (χ3n) is 6.27. The molecule has 2 aromatic heterocycles. The second-order valence-corrected chi connectivity index (χ2v) is 8.64. The molecule has 0 aliphatic carbocycles. The van der Waals surface area contributed by atoms with Crippen LogP contribution in [0.1, 0.15) is 44.0 Å². The van der Waals surface area contributed by atoms with Crippen molar-refractivity contribution in [3.63, 3.8) is 0 Å². The summed E-state index contributed by atoms with van der Waals surface area (Å²) in [6, 6.07) is 8.78. The van der Waals surface area contributed by atoms with E-state index < -0.39 is 5.97 Å². The van der Waals surface area contributed by atoms with E-state index in [0.717, 1.165) is 17.5 Å². The molecule has 0 bridgehead atoms. The van der Waals surface area contributed by atoms with Crippen LogP contribution in [0.15, 0.2) is 47.5 Å². The van der Waals surface area contributed by atoms with Crippen LogP contribution in [0.4, 0.5) is 0 Å². The number of aromatic nitrogens is 3. The van der Waals surface area contributed by atoms with Crippen LogP contribution in [0.5, 0.6) is 5.75 Å². The summed E-state index contributed by atoms with van der Waals surface area (Å²) in [5.74, 6) is -0.428. The zero-order valence-electron chi connectivity index (χ0n) is 20.3. The van der Waals surface area contributed by atoms with Gasteiger partial charge in [0, 0.05) is 56.6 Å². The topological polar surface area (TPSA) is 95.7 Å². The second kappa shape index (κ2) is 10.6. The van der Waals surface area contributed by atoms with Gasteiger partial charge >= 0.3 is 5.97 Å². The molecule has 3 aromatic rings. The summed E-state index contributed by atoms with van der Waals surface area (Å²) in [6.45, 7) is 3.27. The molecule has 35 heavy (non-hydrogen) atoms. The normalized spacial score (nSPS) is 13.2. The molecule has 1 aliphatic rings. The van der Waals surface area contributed by atoms with E-state index in [9.17, 15) is 14.4 Å². The fraction of sp³-hybridized carbons (Fsp3) is 0.385. The van der Waals surface area contributed by atoms with Gasteiger partial charge in [0.1, 0.15) is 11.3 Å². The van der Waals surface area contributed by atoms with E-state index in [4.69, 9.17) is 9.47 Å². The summed E-state index contributed by atoms with van der Waals surface area (Å²) in [5.41, 5.74) is 3.14. The average molecular weight is 479 g/mol. The highest BCUT2D eigenvalue weighted by atomic mass is 16.5. The van der Waals surface area contributed by atoms with Crippen molar-refractivity contribution in [2.45, 2.75) is 32.7 Å². The highest BCUT2D eigenvalue weighted by Gasteiger charge is 2.28. The van der Waals surface area contributed by atoms with E-state index in [1.165, 1.54) is 13.2 Å². The largest absolute Gasteiger partial charge is 0.492 e. The van der Waals surface area contributed by atoms with E-state index in [1.54, 1.807) is 26.4 Å². The smallest absolute Gasteiger partial charge is 0.343 e. The molecule has 0 atom stereocenters. The van der Waals surface area contributed by atoms with Crippen LogP contribution < -0.4 is 10.3 Å². The summed E-state index contributed by atoms with van der Waals surface area (Å²) in [4.78, 5) is 40.6. The Morgan fingerprint density at radius 1 is 1.14 bits per heavy atom. The van der Waals surface area contributed by atoms with Gasteiger partial charge in [0.05, 0.1) is 19.9 Å². The number of rotatable bonds is 7. The number of pyridine rings is 1. The van der Waals surface area contributed by atoms with E-state index in [0.29, 0.717) is 43.8 Å². The van der Waals surface area contributed by atoms with Crippen LogP contribution in [0, 0.1) is 6.92 Å². The van der Waals surface area contributed by atoms with E-state index in [-0.39, 0.29) is 29.3 Å². The Balaban J connectivity index is 1.55. The Kier molecular flexibility index (Phi) is 7.33.